The van der Waals surface area contributed by atoms with Gasteiger partial charge in [0.15, 0.2) is 0 Å². The number of hydrogen-bond acceptors (Lipinski definition) is 1. The van der Waals surface area contributed by atoms with Crippen LogP contribution in [0.1, 0.15) is 5.56 Å². The predicted octanol–water partition coefficient (Wildman–Crippen LogP) is 3.09. The zero-order valence-corrected chi connectivity index (χ0v) is 8.58. The first-order valence-corrected chi connectivity index (χ1v) is 4.96. The maximum atomic E-state index is 13.7. The standard InChI is InChI=1S/C13H11F2N/c14-11-6-4-9(5-7-11)13-10(8-16)2-1-3-12(13)15/h1-7H,8,16H2. The molecular weight excluding hydrogens is 208 g/mol. The van der Waals surface area contributed by atoms with Crippen molar-refractivity contribution in [1.82, 2.24) is 0 Å². The first-order valence-electron chi connectivity index (χ1n) is 4.96. The van der Waals surface area contributed by atoms with Gasteiger partial charge in [0.1, 0.15) is 11.6 Å². The fourth-order valence-electron chi connectivity index (χ4n) is 1.68. The average Bonchev–Trinajstić information content (AvgIpc) is 2.30. The number of rotatable bonds is 2. The molecular formula is C13H11F2N. The van der Waals surface area contributed by atoms with Crippen LogP contribution in [-0.4, -0.2) is 0 Å². The van der Waals surface area contributed by atoms with Gasteiger partial charge in [-0.1, -0.05) is 24.3 Å². The highest BCUT2D eigenvalue weighted by molar-refractivity contribution is 5.67. The Morgan fingerprint density at radius 2 is 1.62 bits per heavy atom. The summed E-state index contributed by atoms with van der Waals surface area (Å²) in [7, 11) is 0. The SMILES string of the molecule is NCc1cccc(F)c1-c1ccc(F)cc1. The van der Waals surface area contributed by atoms with Gasteiger partial charge < -0.3 is 5.73 Å². The highest BCUT2D eigenvalue weighted by Crippen LogP contribution is 2.26. The highest BCUT2D eigenvalue weighted by Gasteiger charge is 2.09. The highest BCUT2D eigenvalue weighted by atomic mass is 19.1. The molecule has 2 N–H and O–H groups in total. The Morgan fingerprint density at radius 1 is 0.938 bits per heavy atom. The van der Waals surface area contributed by atoms with Crippen molar-refractivity contribution in [2.45, 2.75) is 6.54 Å². The van der Waals surface area contributed by atoms with Crippen molar-refractivity contribution in [2.75, 3.05) is 0 Å². The molecule has 2 aromatic rings. The maximum absolute atomic E-state index is 13.7. The Labute approximate surface area is 92.5 Å². The van der Waals surface area contributed by atoms with E-state index in [0.29, 0.717) is 16.7 Å². The topological polar surface area (TPSA) is 26.0 Å². The smallest absolute Gasteiger partial charge is 0.131 e. The Kier molecular flexibility index (Phi) is 2.97. The molecule has 0 unspecified atom stereocenters. The molecule has 0 atom stereocenters. The fourth-order valence-corrected chi connectivity index (χ4v) is 1.68. The van der Waals surface area contributed by atoms with Crippen LogP contribution in [0.15, 0.2) is 42.5 Å². The second-order valence-corrected chi connectivity index (χ2v) is 3.48. The first kappa shape index (κ1) is 10.8. The molecule has 2 aromatic carbocycles. The lowest BCUT2D eigenvalue weighted by molar-refractivity contribution is 0.625. The van der Waals surface area contributed by atoms with Crippen LogP contribution in [-0.2, 0) is 6.54 Å². The Balaban J connectivity index is 2.58. The molecule has 0 aliphatic rings. The third-order valence-corrected chi connectivity index (χ3v) is 2.45. The summed E-state index contributed by atoms with van der Waals surface area (Å²) >= 11 is 0. The predicted molar refractivity (Wildman–Crippen MR) is 59.7 cm³/mol. The van der Waals surface area contributed by atoms with Crippen molar-refractivity contribution in [1.29, 1.82) is 0 Å². The average molecular weight is 219 g/mol. The Hall–Kier alpha value is -1.74. The lowest BCUT2D eigenvalue weighted by Crippen LogP contribution is -2.00. The van der Waals surface area contributed by atoms with E-state index >= 15 is 0 Å². The van der Waals surface area contributed by atoms with Crippen LogP contribution >= 0.6 is 0 Å². The molecule has 3 heteroatoms. The largest absolute Gasteiger partial charge is 0.326 e. The minimum atomic E-state index is -0.339. The van der Waals surface area contributed by atoms with E-state index in [4.69, 9.17) is 5.73 Å². The molecule has 2 rings (SSSR count). The Morgan fingerprint density at radius 3 is 2.25 bits per heavy atom. The van der Waals surface area contributed by atoms with Crippen molar-refractivity contribution in [3.05, 3.63) is 59.7 Å². The van der Waals surface area contributed by atoms with E-state index in [0.717, 1.165) is 0 Å². The van der Waals surface area contributed by atoms with E-state index < -0.39 is 0 Å². The van der Waals surface area contributed by atoms with E-state index in [1.807, 2.05) is 0 Å². The number of benzene rings is 2. The summed E-state index contributed by atoms with van der Waals surface area (Å²) < 4.78 is 26.4. The summed E-state index contributed by atoms with van der Waals surface area (Å²) in [4.78, 5) is 0. The summed E-state index contributed by atoms with van der Waals surface area (Å²) in [5.41, 5.74) is 7.35. The van der Waals surface area contributed by atoms with Crippen molar-refractivity contribution in [3.8, 4) is 11.1 Å². The van der Waals surface area contributed by atoms with Crippen molar-refractivity contribution in [2.24, 2.45) is 5.73 Å². The van der Waals surface area contributed by atoms with E-state index in [-0.39, 0.29) is 18.2 Å². The molecule has 16 heavy (non-hydrogen) atoms. The Bertz CT molecular complexity index is 492. The van der Waals surface area contributed by atoms with Gasteiger partial charge in [0.25, 0.3) is 0 Å². The van der Waals surface area contributed by atoms with Gasteiger partial charge in [0.2, 0.25) is 0 Å². The molecule has 0 heterocycles. The number of hydrogen-bond donors (Lipinski definition) is 1. The van der Waals surface area contributed by atoms with Crippen LogP contribution in [0.2, 0.25) is 0 Å². The zero-order valence-electron chi connectivity index (χ0n) is 8.58. The van der Waals surface area contributed by atoms with Gasteiger partial charge in [-0.25, -0.2) is 8.78 Å². The lowest BCUT2D eigenvalue weighted by Gasteiger charge is -2.09. The molecule has 0 radical (unpaired) electrons. The minimum Gasteiger partial charge on any atom is -0.326 e. The molecule has 0 aliphatic heterocycles. The van der Waals surface area contributed by atoms with E-state index in [1.165, 1.54) is 18.2 Å². The second kappa shape index (κ2) is 4.41. The summed E-state index contributed by atoms with van der Waals surface area (Å²) in [6, 6.07) is 10.5. The van der Waals surface area contributed by atoms with Gasteiger partial charge in [-0.2, -0.15) is 0 Å². The van der Waals surface area contributed by atoms with E-state index in [1.54, 1.807) is 24.3 Å². The van der Waals surface area contributed by atoms with Gasteiger partial charge in [0.05, 0.1) is 0 Å². The molecule has 0 aliphatic carbocycles. The monoisotopic (exact) mass is 219 g/mol. The number of nitrogens with two attached hydrogens (primary N) is 1. The second-order valence-electron chi connectivity index (χ2n) is 3.48. The van der Waals surface area contributed by atoms with Gasteiger partial charge in [-0.15, -0.1) is 0 Å². The molecule has 0 fully saturated rings. The third kappa shape index (κ3) is 1.95. The quantitative estimate of drug-likeness (QED) is 0.825. The zero-order chi connectivity index (χ0) is 11.5. The normalized spacial score (nSPS) is 10.4. The minimum absolute atomic E-state index is 0.254. The molecule has 82 valence electrons. The van der Waals surface area contributed by atoms with Crippen molar-refractivity contribution in [3.63, 3.8) is 0 Å². The van der Waals surface area contributed by atoms with Crippen LogP contribution < -0.4 is 5.73 Å². The van der Waals surface area contributed by atoms with Gasteiger partial charge in [-0.05, 0) is 29.3 Å². The van der Waals surface area contributed by atoms with E-state index in [2.05, 4.69) is 0 Å². The first-order chi connectivity index (χ1) is 7.72. The van der Waals surface area contributed by atoms with Crippen LogP contribution in [0, 0.1) is 11.6 Å². The fraction of sp³-hybridized carbons (Fsp3) is 0.0769. The summed E-state index contributed by atoms with van der Waals surface area (Å²) in [6.45, 7) is 0.254. The van der Waals surface area contributed by atoms with Gasteiger partial charge >= 0.3 is 0 Å². The van der Waals surface area contributed by atoms with Crippen LogP contribution in [0.3, 0.4) is 0 Å². The van der Waals surface area contributed by atoms with Crippen molar-refractivity contribution >= 4 is 0 Å². The van der Waals surface area contributed by atoms with E-state index in [9.17, 15) is 8.78 Å². The molecule has 0 bridgehead atoms. The lowest BCUT2D eigenvalue weighted by atomic mass is 9.99. The van der Waals surface area contributed by atoms with Crippen LogP contribution in [0.5, 0.6) is 0 Å². The van der Waals surface area contributed by atoms with Gasteiger partial charge in [-0.3, -0.25) is 0 Å². The summed E-state index contributed by atoms with van der Waals surface area (Å²) in [5, 5.41) is 0. The number of halogens is 2. The molecule has 0 spiro atoms. The maximum Gasteiger partial charge on any atom is 0.131 e. The van der Waals surface area contributed by atoms with Crippen LogP contribution in [0.25, 0.3) is 11.1 Å². The van der Waals surface area contributed by atoms with Crippen molar-refractivity contribution < 1.29 is 8.78 Å². The molecule has 0 amide bonds. The molecule has 1 nitrogen and oxygen atoms in total. The molecule has 0 saturated carbocycles. The third-order valence-electron chi connectivity index (χ3n) is 2.45. The molecule has 0 aromatic heterocycles. The van der Waals surface area contributed by atoms with Gasteiger partial charge in [0, 0.05) is 12.1 Å². The molecule has 0 saturated heterocycles. The summed E-state index contributed by atoms with van der Waals surface area (Å²) in [6.07, 6.45) is 0. The van der Waals surface area contributed by atoms with Crippen LogP contribution in [0.4, 0.5) is 8.78 Å². The summed E-state index contributed by atoms with van der Waals surface area (Å²) in [5.74, 6) is -0.677.